The van der Waals surface area contributed by atoms with Gasteiger partial charge >= 0.3 is 0 Å². The first-order valence-corrected chi connectivity index (χ1v) is 8.93. The second-order valence-corrected chi connectivity index (χ2v) is 7.65. The van der Waals surface area contributed by atoms with Crippen molar-refractivity contribution in [1.82, 2.24) is 5.32 Å². The molecule has 0 amide bonds. The van der Waals surface area contributed by atoms with Crippen molar-refractivity contribution < 1.29 is 14.1 Å². The summed E-state index contributed by atoms with van der Waals surface area (Å²) < 4.78 is 16.9. The SMILES string of the molecule is CC1CCCC(OCC(O)CNCC(C)S(C)=O)C1. The van der Waals surface area contributed by atoms with E-state index in [1.165, 1.54) is 12.8 Å². The standard InChI is InChI=1S/C14H29NO3S/c1-11-5-4-6-14(7-11)18-10-13(16)9-15-8-12(2)19(3)17/h11-16H,4-10H2,1-3H3. The van der Waals surface area contributed by atoms with Crippen molar-refractivity contribution in [3.63, 3.8) is 0 Å². The number of ether oxygens (including phenoxy) is 1. The maximum absolute atomic E-state index is 11.2. The first-order chi connectivity index (χ1) is 8.99. The number of hydrogen-bond donors (Lipinski definition) is 2. The van der Waals surface area contributed by atoms with Crippen LogP contribution in [0.5, 0.6) is 0 Å². The van der Waals surface area contributed by atoms with E-state index in [1.807, 2.05) is 6.92 Å². The molecule has 1 saturated carbocycles. The highest BCUT2D eigenvalue weighted by molar-refractivity contribution is 7.84. The van der Waals surface area contributed by atoms with Crippen LogP contribution >= 0.6 is 0 Å². The number of nitrogens with one attached hydrogen (secondary N) is 1. The third-order valence-electron chi connectivity index (χ3n) is 3.79. The molecule has 0 radical (unpaired) electrons. The topological polar surface area (TPSA) is 58.6 Å². The second kappa shape index (κ2) is 9.06. The third kappa shape index (κ3) is 7.40. The van der Waals surface area contributed by atoms with E-state index in [0.717, 1.165) is 18.8 Å². The van der Waals surface area contributed by atoms with Gasteiger partial charge in [-0.1, -0.05) is 19.8 Å². The van der Waals surface area contributed by atoms with Gasteiger partial charge in [0.2, 0.25) is 0 Å². The Bertz CT molecular complexity index is 275. The van der Waals surface area contributed by atoms with Crippen LogP contribution in [0.4, 0.5) is 0 Å². The Morgan fingerprint density at radius 3 is 2.79 bits per heavy atom. The van der Waals surface area contributed by atoms with Crippen LogP contribution in [-0.2, 0) is 15.5 Å². The van der Waals surface area contributed by atoms with Crippen LogP contribution in [-0.4, -0.2) is 52.7 Å². The Morgan fingerprint density at radius 1 is 1.42 bits per heavy atom. The number of hydrogen-bond acceptors (Lipinski definition) is 4. The van der Waals surface area contributed by atoms with Gasteiger partial charge in [0.05, 0.1) is 18.8 Å². The van der Waals surface area contributed by atoms with E-state index < -0.39 is 16.9 Å². The van der Waals surface area contributed by atoms with Crippen molar-refractivity contribution >= 4 is 10.8 Å². The summed E-state index contributed by atoms with van der Waals surface area (Å²) in [6, 6.07) is 0. The predicted molar refractivity (Wildman–Crippen MR) is 79.8 cm³/mol. The minimum Gasteiger partial charge on any atom is -0.389 e. The van der Waals surface area contributed by atoms with Crippen molar-refractivity contribution in [3.8, 4) is 0 Å². The summed E-state index contributed by atoms with van der Waals surface area (Å²) in [6.45, 7) is 5.77. The summed E-state index contributed by atoms with van der Waals surface area (Å²) in [5.41, 5.74) is 0. The van der Waals surface area contributed by atoms with E-state index >= 15 is 0 Å². The summed E-state index contributed by atoms with van der Waals surface area (Å²) >= 11 is 0. The van der Waals surface area contributed by atoms with Crippen LogP contribution in [0.2, 0.25) is 0 Å². The van der Waals surface area contributed by atoms with Gasteiger partial charge < -0.3 is 15.2 Å². The Labute approximate surface area is 119 Å². The molecular weight excluding hydrogens is 262 g/mol. The molecule has 5 atom stereocenters. The lowest BCUT2D eigenvalue weighted by atomic mass is 9.89. The summed E-state index contributed by atoms with van der Waals surface area (Å²) in [5, 5.41) is 13.1. The lowest BCUT2D eigenvalue weighted by Gasteiger charge is -2.27. The van der Waals surface area contributed by atoms with E-state index in [2.05, 4.69) is 12.2 Å². The molecule has 19 heavy (non-hydrogen) atoms. The molecule has 0 aromatic heterocycles. The maximum atomic E-state index is 11.2. The van der Waals surface area contributed by atoms with Gasteiger partial charge in [-0.2, -0.15) is 0 Å². The van der Waals surface area contributed by atoms with Gasteiger partial charge in [0.15, 0.2) is 0 Å². The fraction of sp³-hybridized carbons (Fsp3) is 1.00. The van der Waals surface area contributed by atoms with E-state index in [9.17, 15) is 9.32 Å². The highest BCUT2D eigenvalue weighted by Crippen LogP contribution is 2.25. The molecule has 0 aromatic carbocycles. The molecular formula is C14H29NO3S. The van der Waals surface area contributed by atoms with Gasteiger partial charge in [0, 0.05) is 35.4 Å². The Morgan fingerprint density at radius 2 is 2.16 bits per heavy atom. The molecule has 1 aliphatic rings. The number of rotatable bonds is 8. The molecule has 2 N–H and O–H groups in total. The molecule has 114 valence electrons. The van der Waals surface area contributed by atoms with Crippen molar-refractivity contribution in [2.75, 3.05) is 26.0 Å². The first-order valence-electron chi connectivity index (χ1n) is 7.31. The molecule has 0 saturated heterocycles. The molecule has 0 spiro atoms. The highest BCUT2D eigenvalue weighted by Gasteiger charge is 2.20. The van der Waals surface area contributed by atoms with Crippen molar-refractivity contribution in [2.45, 2.75) is 57.0 Å². The van der Waals surface area contributed by atoms with E-state index in [1.54, 1.807) is 6.26 Å². The second-order valence-electron chi connectivity index (χ2n) is 5.85. The normalized spacial score (nSPS) is 28.8. The minimum absolute atomic E-state index is 0.118. The fourth-order valence-corrected chi connectivity index (χ4v) is 2.76. The molecule has 0 aliphatic heterocycles. The molecule has 1 aliphatic carbocycles. The van der Waals surface area contributed by atoms with Crippen LogP contribution in [0.25, 0.3) is 0 Å². The zero-order valence-electron chi connectivity index (χ0n) is 12.4. The largest absolute Gasteiger partial charge is 0.389 e. The van der Waals surface area contributed by atoms with E-state index in [4.69, 9.17) is 4.74 Å². The molecule has 0 aromatic rings. The molecule has 5 heteroatoms. The highest BCUT2D eigenvalue weighted by atomic mass is 32.2. The van der Waals surface area contributed by atoms with Crippen molar-refractivity contribution in [3.05, 3.63) is 0 Å². The first kappa shape index (κ1) is 17.1. The van der Waals surface area contributed by atoms with Crippen LogP contribution in [0.3, 0.4) is 0 Å². The molecule has 4 nitrogen and oxygen atoms in total. The maximum Gasteiger partial charge on any atom is 0.0897 e. The van der Waals surface area contributed by atoms with Gasteiger partial charge in [-0.3, -0.25) is 4.21 Å². The smallest absolute Gasteiger partial charge is 0.0897 e. The third-order valence-corrected chi connectivity index (χ3v) is 5.09. The summed E-state index contributed by atoms with van der Waals surface area (Å²) in [4.78, 5) is 0. The average Bonchev–Trinajstić information content (AvgIpc) is 2.36. The number of aliphatic hydroxyl groups is 1. The number of aliphatic hydroxyl groups excluding tert-OH is 1. The molecule has 0 heterocycles. The Hall–Kier alpha value is 0.0300. The molecule has 0 bridgehead atoms. The zero-order valence-corrected chi connectivity index (χ0v) is 13.2. The summed E-state index contributed by atoms with van der Waals surface area (Å²) in [5.74, 6) is 0.745. The summed E-state index contributed by atoms with van der Waals surface area (Å²) in [7, 11) is -0.812. The Balaban J connectivity index is 2.07. The average molecular weight is 291 g/mol. The lowest BCUT2D eigenvalue weighted by Crippen LogP contribution is -2.36. The van der Waals surface area contributed by atoms with Crippen LogP contribution in [0.15, 0.2) is 0 Å². The van der Waals surface area contributed by atoms with Crippen LogP contribution < -0.4 is 5.32 Å². The monoisotopic (exact) mass is 291 g/mol. The van der Waals surface area contributed by atoms with E-state index in [-0.39, 0.29) is 5.25 Å². The van der Waals surface area contributed by atoms with Crippen LogP contribution in [0.1, 0.15) is 39.5 Å². The molecule has 1 rings (SSSR count). The molecule has 5 unspecified atom stereocenters. The van der Waals surface area contributed by atoms with E-state index in [0.29, 0.717) is 25.8 Å². The van der Waals surface area contributed by atoms with Gasteiger partial charge in [-0.25, -0.2) is 0 Å². The zero-order chi connectivity index (χ0) is 14.3. The predicted octanol–water partition coefficient (Wildman–Crippen LogP) is 1.30. The molecule has 1 fully saturated rings. The van der Waals surface area contributed by atoms with Crippen molar-refractivity contribution in [1.29, 1.82) is 0 Å². The minimum atomic E-state index is -0.812. The van der Waals surface area contributed by atoms with Gasteiger partial charge in [0.25, 0.3) is 0 Å². The quantitative estimate of drug-likeness (QED) is 0.708. The summed E-state index contributed by atoms with van der Waals surface area (Å²) in [6.07, 6.45) is 6.32. The lowest BCUT2D eigenvalue weighted by molar-refractivity contribution is -0.0305. The Kier molecular flexibility index (Phi) is 8.14. The van der Waals surface area contributed by atoms with Gasteiger partial charge in [-0.15, -0.1) is 0 Å². The van der Waals surface area contributed by atoms with Crippen molar-refractivity contribution in [2.24, 2.45) is 5.92 Å². The van der Waals surface area contributed by atoms with Crippen LogP contribution in [0, 0.1) is 5.92 Å². The fourth-order valence-electron chi connectivity index (χ4n) is 2.41. The van der Waals surface area contributed by atoms with Gasteiger partial charge in [-0.05, 0) is 25.7 Å². The van der Waals surface area contributed by atoms with Gasteiger partial charge in [0.1, 0.15) is 0 Å².